The van der Waals surface area contributed by atoms with E-state index in [0.29, 0.717) is 0 Å². The summed E-state index contributed by atoms with van der Waals surface area (Å²) in [5, 5.41) is 0. The molecule has 6 heteroatoms. The lowest BCUT2D eigenvalue weighted by atomic mass is 10.1. The van der Waals surface area contributed by atoms with Crippen LogP contribution in [0.5, 0.6) is 0 Å². The van der Waals surface area contributed by atoms with Gasteiger partial charge >= 0.3 is 0 Å². The Bertz CT molecular complexity index is 537. The Morgan fingerprint density at radius 1 is 1.32 bits per heavy atom. The van der Waals surface area contributed by atoms with Crippen LogP contribution >= 0.6 is 0 Å². The van der Waals surface area contributed by atoms with Crippen LogP contribution in [0.25, 0.3) is 0 Å². The molecule has 0 saturated heterocycles. The van der Waals surface area contributed by atoms with Gasteiger partial charge in [0.05, 0.1) is 0 Å². The molecular formula is C13H22N2O3S. The summed E-state index contributed by atoms with van der Waals surface area (Å²) in [7, 11) is -3.73. The first kappa shape index (κ1) is 15.9. The third-order valence-corrected chi connectivity index (χ3v) is 4.54. The van der Waals surface area contributed by atoms with Crippen molar-refractivity contribution in [1.29, 1.82) is 0 Å². The third kappa shape index (κ3) is 5.16. The summed E-state index contributed by atoms with van der Waals surface area (Å²) in [4.78, 5) is 13.9. The van der Waals surface area contributed by atoms with Crippen LogP contribution in [0.3, 0.4) is 0 Å². The lowest BCUT2D eigenvalue weighted by Gasteiger charge is -2.13. The molecular weight excluding hydrogens is 264 g/mol. The molecule has 1 aromatic heterocycles. The van der Waals surface area contributed by atoms with Crippen molar-refractivity contribution in [2.45, 2.75) is 56.9 Å². The van der Waals surface area contributed by atoms with E-state index in [1.54, 1.807) is 0 Å². The van der Waals surface area contributed by atoms with E-state index in [4.69, 9.17) is 0 Å². The average molecular weight is 286 g/mol. The molecule has 0 amide bonds. The number of rotatable bonds is 8. The van der Waals surface area contributed by atoms with Gasteiger partial charge in [-0.05, 0) is 13.3 Å². The van der Waals surface area contributed by atoms with Crippen LogP contribution in [0.15, 0.2) is 28.2 Å². The van der Waals surface area contributed by atoms with Crippen molar-refractivity contribution in [1.82, 2.24) is 9.71 Å². The van der Waals surface area contributed by atoms with E-state index in [1.807, 2.05) is 6.92 Å². The lowest BCUT2D eigenvalue weighted by molar-refractivity contribution is 0.521. The largest absolute Gasteiger partial charge is 0.366 e. The normalized spacial score (nSPS) is 13.4. The molecule has 2 N–H and O–H groups in total. The number of hydrogen-bond donors (Lipinski definition) is 2. The molecule has 0 bridgehead atoms. The second kappa shape index (κ2) is 7.45. The number of sulfonamides is 1. The fourth-order valence-electron chi connectivity index (χ4n) is 1.88. The molecule has 0 radical (unpaired) electrons. The van der Waals surface area contributed by atoms with Crippen molar-refractivity contribution in [3.8, 4) is 0 Å². The summed E-state index contributed by atoms with van der Waals surface area (Å²) in [6.45, 7) is 3.95. The Labute approximate surface area is 114 Å². The molecule has 1 atom stereocenters. The van der Waals surface area contributed by atoms with Crippen molar-refractivity contribution in [3.05, 3.63) is 28.7 Å². The fraction of sp³-hybridized carbons (Fsp3) is 0.615. The van der Waals surface area contributed by atoms with Gasteiger partial charge < -0.3 is 4.98 Å². The summed E-state index contributed by atoms with van der Waals surface area (Å²) < 4.78 is 26.6. The van der Waals surface area contributed by atoms with Gasteiger partial charge in [0.15, 0.2) is 0 Å². The Kier molecular flexibility index (Phi) is 6.24. The highest BCUT2D eigenvalue weighted by Gasteiger charge is 2.19. The molecule has 1 unspecified atom stereocenters. The molecule has 0 aliphatic rings. The van der Waals surface area contributed by atoms with Crippen molar-refractivity contribution >= 4 is 10.0 Å². The minimum atomic E-state index is -3.73. The van der Waals surface area contributed by atoms with Crippen LogP contribution in [0.2, 0.25) is 0 Å². The van der Waals surface area contributed by atoms with E-state index in [0.717, 1.165) is 32.1 Å². The average Bonchev–Trinajstić information content (AvgIpc) is 2.34. The summed E-state index contributed by atoms with van der Waals surface area (Å²) >= 11 is 0. The number of aromatic amines is 1. The van der Waals surface area contributed by atoms with Gasteiger partial charge in [-0.2, -0.15) is 0 Å². The van der Waals surface area contributed by atoms with Crippen LogP contribution in [-0.4, -0.2) is 19.4 Å². The number of aromatic nitrogens is 1. The monoisotopic (exact) mass is 286 g/mol. The van der Waals surface area contributed by atoms with Crippen LogP contribution in [0, 0.1) is 0 Å². The standard InChI is InChI=1S/C13H22N2O3S/c1-3-4-5-6-7-11(2)15-19(17,18)13-10-14-9-8-12(13)16/h8-11,15H,3-7H2,1-2H3,(H,14,16). The maximum atomic E-state index is 12.0. The topological polar surface area (TPSA) is 79.0 Å². The van der Waals surface area contributed by atoms with Gasteiger partial charge in [0.1, 0.15) is 4.90 Å². The van der Waals surface area contributed by atoms with E-state index in [2.05, 4.69) is 16.6 Å². The molecule has 0 spiro atoms. The Hall–Kier alpha value is -1.14. The summed E-state index contributed by atoms with van der Waals surface area (Å²) in [6, 6.07) is 1.04. The molecule has 5 nitrogen and oxygen atoms in total. The maximum absolute atomic E-state index is 12.0. The molecule has 1 aromatic rings. The number of pyridine rings is 1. The van der Waals surface area contributed by atoms with Crippen molar-refractivity contribution < 1.29 is 8.42 Å². The number of hydrogen-bond acceptors (Lipinski definition) is 3. The molecule has 0 aliphatic heterocycles. The predicted octanol–water partition coefficient (Wildman–Crippen LogP) is 2.01. The second-order valence-corrected chi connectivity index (χ2v) is 6.43. The Balaban J connectivity index is 2.60. The summed E-state index contributed by atoms with van der Waals surface area (Å²) in [5.41, 5.74) is -0.496. The quantitative estimate of drug-likeness (QED) is 0.717. The maximum Gasteiger partial charge on any atom is 0.246 e. The van der Waals surface area contributed by atoms with Crippen LogP contribution < -0.4 is 10.2 Å². The lowest BCUT2D eigenvalue weighted by Crippen LogP contribution is -2.35. The van der Waals surface area contributed by atoms with E-state index < -0.39 is 15.5 Å². The number of nitrogens with one attached hydrogen (secondary N) is 2. The molecule has 1 rings (SSSR count). The van der Waals surface area contributed by atoms with Crippen LogP contribution in [0.1, 0.15) is 46.0 Å². The minimum absolute atomic E-state index is 0.165. The van der Waals surface area contributed by atoms with Crippen LogP contribution in [-0.2, 0) is 10.0 Å². The van der Waals surface area contributed by atoms with E-state index >= 15 is 0 Å². The van der Waals surface area contributed by atoms with Gasteiger partial charge in [0, 0.05) is 24.5 Å². The molecule has 108 valence electrons. The van der Waals surface area contributed by atoms with Crippen LogP contribution in [0.4, 0.5) is 0 Å². The molecule has 0 aliphatic carbocycles. The zero-order valence-electron chi connectivity index (χ0n) is 11.5. The van der Waals surface area contributed by atoms with Gasteiger partial charge in [0.2, 0.25) is 15.5 Å². The predicted molar refractivity (Wildman–Crippen MR) is 75.6 cm³/mol. The van der Waals surface area contributed by atoms with E-state index in [1.165, 1.54) is 18.5 Å². The van der Waals surface area contributed by atoms with Gasteiger partial charge in [-0.25, -0.2) is 13.1 Å². The highest BCUT2D eigenvalue weighted by atomic mass is 32.2. The smallest absolute Gasteiger partial charge is 0.246 e. The summed E-state index contributed by atoms with van der Waals surface area (Å²) in [5.74, 6) is 0. The highest BCUT2D eigenvalue weighted by Crippen LogP contribution is 2.08. The minimum Gasteiger partial charge on any atom is -0.366 e. The van der Waals surface area contributed by atoms with Crippen molar-refractivity contribution in [3.63, 3.8) is 0 Å². The fourth-order valence-corrected chi connectivity index (χ4v) is 3.21. The summed E-state index contributed by atoms with van der Waals surface area (Å²) in [6.07, 6.45) is 7.82. The first-order valence-electron chi connectivity index (χ1n) is 6.67. The molecule has 19 heavy (non-hydrogen) atoms. The van der Waals surface area contributed by atoms with Gasteiger partial charge in [-0.15, -0.1) is 0 Å². The SMILES string of the molecule is CCCCCCC(C)NS(=O)(=O)c1c[nH]ccc1=O. The zero-order valence-corrected chi connectivity index (χ0v) is 12.3. The molecule has 0 aromatic carbocycles. The number of H-pyrrole nitrogens is 1. The second-order valence-electron chi connectivity index (χ2n) is 4.74. The third-order valence-electron chi connectivity index (χ3n) is 2.92. The molecule has 1 heterocycles. The van der Waals surface area contributed by atoms with Crippen molar-refractivity contribution in [2.24, 2.45) is 0 Å². The Morgan fingerprint density at radius 2 is 2.05 bits per heavy atom. The Morgan fingerprint density at radius 3 is 2.68 bits per heavy atom. The highest BCUT2D eigenvalue weighted by molar-refractivity contribution is 7.89. The van der Waals surface area contributed by atoms with Gasteiger partial charge in [0.25, 0.3) is 0 Å². The first-order chi connectivity index (χ1) is 8.97. The van der Waals surface area contributed by atoms with Gasteiger partial charge in [-0.1, -0.05) is 32.6 Å². The van der Waals surface area contributed by atoms with Gasteiger partial charge in [-0.3, -0.25) is 4.79 Å². The van der Waals surface area contributed by atoms with E-state index in [9.17, 15) is 13.2 Å². The first-order valence-corrected chi connectivity index (χ1v) is 8.15. The van der Waals surface area contributed by atoms with E-state index in [-0.39, 0.29) is 10.9 Å². The molecule has 0 saturated carbocycles. The molecule has 0 fully saturated rings. The van der Waals surface area contributed by atoms with Crippen molar-refractivity contribution in [2.75, 3.05) is 0 Å². The number of unbranched alkanes of at least 4 members (excludes halogenated alkanes) is 3. The zero-order chi connectivity index (χ0) is 14.3.